The number of nitrogens with zero attached hydrogens (tertiary/aromatic N) is 3. The number of fused-ring (bicyclic) bond motifs is 1. The number of benzene rings is 1. The molecule has 0 saturated heterocycles. The maximum Gasteiger partial charge on any atom is 0.306 e. The Morgan fingerprint density at radius 3 is 2.64 bits per heavy atom. The molecule has 178 valence electrons. The third-order valence-corrected chi connectivity index (χ3v) is 7.29. The van der Waals surface area contributed by atoms with Gasteiger partial charge in [-0.25, -0.2) is 13.4 Å². The van der Waals surface area contributed by atoms with Gasteiger partial charge in [-0.2, -0.15) is 4.31 Å². The number of carbonyl (C=O) groups is 2. The molecule has 0 aliphatic heterocycles. The van der Waals surface area contributed by atoms with Gasteiger partial charge >= 0.3 is 5.97 Å². The predicted octanol–water partition coefficient (Wildman–Crippen LogP) is 1.99. The first-order valence-electron chi connectivity index (χ1n) is 10.7. The van der Waals surface area contributed by atoms with Crippen LogP contribution in [0.25, 0.3) is 11.0 Å². The SMILES string of the molecule is CCN(CC)S(=O)(=O)c1ccc2c(c1)nc(CCC(=O)OCC(=O)NCc1ccco1)n2C. The van der Waals surface area contributed by atoms with Crippen molar-refractivity contribution in [2.75, 3.05) is 19.7 Å². The fraction of sp³-hybridized carbons (Fsp3) is 0.409. The first kappa shape index (κ1) is 24.5. The maximum absolute atomic E-state index is 12.8. The molecule has 1 N–H and O–H groups in total. The molecule has 0 spiro atoms. The highest BCUT2D eigenvalue weighted by atomic mass is 32.2. The van der Waals surface area contributed by atoms with E-state index in [9.17, 15) is 18.0 Å². The Labute approximate surface area is 192 Å². The van der Waals surface area contributed by atoms with E-state index < -0.39 is 21.9 Å². The van der Waals surface area contributed by atoms with Crippen LogP contribution in [0.5, 0.6) is 0 Å². The Morgan fingerprint density at radius 2 is 1.97 bits per heavy atom. The van der Waals surface area contributed by atoms with Crippen LogP contribution >= 0.6 is 0 Å². The molecule has 3 aromatic rings. The molecule has 10 nitrogen and oxygen atoms in total. The van der Waals surface area contributed by atoms with Gasteiger partial charge in [-0.15, -0.1) is 0 Å². The summed E-state index contributed by atoms with van der Waals surface area (Å²) in [5, 5.41) is 2.60. The summed E-state index contributed by atoms with van der Waals surface area (Å²) in [6.07, 6.45) is 1.83. The van der Waals surface area contributed by atoms with Crippen molar-refractivity contribution in [3.05, 3.63) is 48.2 Å². The number of aromatic nitrogens is 2. The van der Waals surface area contributed by atoms with Gasteiger partial charge in [0.2, 0.25) is 10.0 Å². The summed E-state index contributed by atoms with van der Waals surface area (Å²) in [6, 6.07) is 8.27. The second kappa shape index (κ2) is 10.6. The largest absolute Gasteiger partial charge is 0.467 e. The highest BCUT2D eigenvalue weighted by Crippen LogP contribution is 2.22. The van der Waals surface area contributed by atoms with E-state index in [2.05, 4.69) is 10.3 Å². The Hall–Kier alpha value is -3.18. The van der Waals surface area contributed by atoms with Gasteiger partial charge in [-0.1, -0.05) is 13.8 Å². The molecule has 0 unspecified atom stereocenters. The monoisotopic (exact) mass is 476 g/mol. The standard InChI is InChI=1S/C22H28N4O6S/c1-4-26(5-2)33(29,30)17-8-9-19-18(13-17)24-20(25(19)3)10-11-22(28)32-15-21(27)23-14-16-7-6-12-31-16/h6-9,12-13H,4-5,10-11,14-15H2,1-3H3,(H,23,27). The molecule has 0 atom stereocenters. The van der Waals surface area contributed by atoms with Gasteiger partial charge < -0.3 is 19.0 Å². The summed E-state index contributed by atoms with van der Waals surface area (Å²) < 4.78 is 38.9. The number of nitrogens with one attached hydrogen (secondary N) is 1. The van der Waals surface area contributed by atoms with Crippen LogP contribution < -0.4 is 5.32 Å². The number of hydrogen-bond acceptors (Lipinski definition) is 7. The zero-order valence-corrected chi connectivity index (χ0v) is 19.7. The Balaban J connectivity index is 1.58. The fourth-order valence-electron chi connectivity index (χ4n) is 3.41. The van der Waals surface area contributed by atoms with E-state index in [1.54, 1.807) is 51.2 Å². The molecule has 0 fully saturated rings. The smallest absolute Gasteiger partial charge is 0.306 e. The lowest BCUT2D eigenvalue weighted by atomic mass is 10.3. The van der Waals surface area contributed by atoms with Crippen molar-refractivity contribution in [3.8, 4) is 0 Å². The van der Waals surface area contributed by atoms with Crippen molar-refractivity contribution < 1.29 is 27.2 Å². The van der Waals surface area contributed by atoms with E-state index in [0.717, 1.165) is 5.52 Å². The number of furan rings is 1. The summed E-state index contributed by atoms with van der Waals surface area (Å²) in [4.78, 5) is 28.5. The second-order valence-electron chi connectivity index (χ2n) is 7.34. The van der Waals surface area contributed by atoms with Crippen molar-refractivity contribution in [2.45, 2.75) is 38.1 Å². The molecule has 2 aromatic heterocycles. The highest BCUT2D eigenvalue weighted by Gasteiger charge is 2.23. The van der Waals surface area contributed by atoms with E-state index >= 15 is 0 Å². The van der Waals surface area contributed by atoms with Crippen molar-refractivity contribution in [3.63, 3.8) is 0 Å². The molecule has 1 amide bonds. The van der Waals surface area contributed by atoms with Gasteiger partial charge in [0.1, 0.15) is 11.6 Å². The Morgan fingerprint density at radius 1 is 1.21 bits per heavy atom. The highest BCUT2D eigenvalue weighted by molar-refractivity contribution is 7.89. The van der Waals surface area contributed by atoms with E-state index in [1.165, 1.54) is 10.6 Å². The third-order valence-electron chi connectivity index (χ3n) is 5.24. The van der Waals surface area contributed by atoms with Gasteiger partial charge in [0.15, 0.2) is 6.61 Å². The second-order valence-corrected chi connectivity index (χ2v) is 9.28. The lowest BCUT2D eigenvalue weighted by molar-refractivity contribution is -0.148. The van der Waals surface area contributed by atoms with Crippen molar-refractivity contribution in [2.24, 2.45) is 7.05 Å². The van der Waals surface area contributed by atoms with Crippen LogP contribution in [0, 0.1) is 0 Å². The van der Waals surface area contributed by atoms with Crippen LogP contribution in [0.2, 0.25) is 0 Å². The number of amides is 1. The first-order valence-corrected chi connectivity index (χ1v) is 12.1. The van der Waals surface area contributed by atoms with E-state index in [1.807, 2.05) is 4.57 Å². The maximum atomic E-state index is 12.8. The molecule has 0 bridgehead atoms. The van der Waals surface area contributed by atoms with Crippen molar-refractivity contribution in [1.82, 2.24) is 19.2 Å². The van der Waals surface area contributed by atoms with Gasteiger partial charge in [0, 0.05) is 26.6 Å². The number of sulfonamides is 1. The van der Waals surface area contributed by atoms with Crippen LogP contribution in [0.15, 0.2) is 45.9 Å². The Kier molecular flexibility index (Phi) is 7.88. The number of hydrogen-bond donors (Lipinski definition) is 1. The van der Waals surface area contributed by atoms with Crippen LogP contribution in [0.3, 0.4) is 0 Å². The normalized spacial score (nSPS) is 11.8. The lowest BCUT2D eigenvalue weighted by Gasteiger charge is -2.18. The van der Waals surface area contributed by atoms with Crippen LogP contribution in [-0.2, 0) is 44.4 Å². The van der Waals surface area contributed by atoms with Crippen LogP contribution in [-0.4, -0.2) is 53.8 Å². The molecule has 2 heterocycles. The van der Waals surface area contributed by atoms with E-state index in [-0.39, 0.29) is 30.9 Å². The van der Waals surface area contributed by atoms with Gasteiger partial charge in [-0.3, -0.25) is 9.59 Å². The van der Waals surface area contributed by atoms with Crippen LogP contribution in [0.4, 0.5) is 0 Å². The molecule has 33 heavy (non-hydrogen) atoms. The third kappa shape index (κ3) is 5.79. The minimum Gasteiger partial charge on any atom is -0.467 e. The zero-order chi connectivity index (χ0) is 24.0. The van der Waals surface area contributed by atoms with Gasteiger partial charge in [0.25, 0.3) is 5.91 Å². The minimum atomic E-state index is -3.59. The zero-order valence-electron chi connectivity index (χ0n) is 18.9. The number of carbonyl (C=O) groups excluding carboxylic acids is 2. The summed E-state index contributed by atoms with van der Waals surface area (Å²) >= 11 is 0. The Bertz CT molecular complexity index is 1210. The fourth-order valence-corrected chi connectivity index (χ4v) is 4.89. The van der Waals surface area contributed by atoms with E-state index in [0.29, 0.717) is 30.2 Å². The molecule has 3 rings (SSSR count). The molecule has 0 radical (unpaired) electrons. The number of imidazole rings is 1. The van der Waals surface area contributed by atoms with Crippen molar-refractivity contribution in [1.29, 1.82) is 0 Å². The number of esters is 1. The molecule has 1 aromatic carbocycles. The molecular formula is C22H28N4O6S. The predicted molar refractivity (Wildman–Crippen MR) is 121 cm³/mol. The van der Waals surface area contributed by atoms with Gasteiger partial charge in [0.05, 0.1) is 35.2 Å². The molecule has 0 aliphatic rings. The summed E-state index contributed by atoms with van der Waals surface area (Å²) in [7, 11) is -1.79. The van der Waals surface area contributed by atoms with Gasteiger partial charge in [-0.05, 0) is 30.3 Å². The van der Waals surface area contributed by atoms with Crippen molar-refractivity contribution >= 4 is 32.9 Å². The average molecular weight is 477 g/mol. The first-order chi connectivity index (χ1) is 15.8. The van der Waals surface area contributed by atoms with Crippen LogP contribution in [0.1, 0.15) is 31.9 Å². The summed E-state index contributed by atoms with van der Waals surface area (Å²) in [6.45, 7) is 4.19. The topological polar surface area (TPSA) is 124 Å². The number of rotatable bonds is 11. The summed E-state index contributed by atoms with van der Waals surface area (Å²) in [5.41, 5.74) is 1.29. The molecule has 0 saturated carbocycles. The molecule has 0 aliphatic carbocycles. The lowest BCUT2D eigenvalue weighted by Crippen LogP contribution is -2.30. The summed E-state index contributed by atoms with van der Waals surface area (Å²) in [5.74, 6) is 0.260. The quantitative estimate of drug-likeness (QED) is 0.420. The number of ether oxygens (including phenoxy) is 1. The average Bonchev–Trinajstić information content (AvgIpc) is 3.43. The van der Waals surface area contributed by atoms with E-state index in [4.69, 9.17) is 9.15 Å². The molecular weight excluding hydrogens is 448 g/mol. The number of aryl methyl sites for hydroxylation is 2. The minimum absolute atomic E-state index is 0.0349. The molecule has 11 heteroatoms.